The molecule has 4 aliphatic rings. The number of ether oxygens (including phenoxy) is 2. The third-order valence-corrected chi connectivity index (χ3v) is 8.37. The molecule has 33 heavy (non-hydrogen) atoms. The van der Waals surface area contributed by atoms with Crippen LogP contribution in [-0.2, 0) is 13.0 Å². The van der Waals surface area contributed by atoms with E-state index in [1.807, 2.05) is 23.7 Å². The SMILES string of the molecule is CN1CCc2c(sc3c2C(N)N(CCCN2CCN(c4ccc5c(c4)OCO5)CC2)C=N3)C1. The van der Waals surface area contributed by atoms with Gasteiger partial charge in [0.1, 0.15) is 11.2 Å². The summed E-state index contributed by atoms with van der Waals surface area (Å²) >= 11 is 1.82. The van der Waals surface area contributed by atoms with Crippen molar-refractivity contribution >= 4 is 28.4 Å². The van der Waals surface area contributed by atoms with Crippen LogP contribution in [0.25, 0.3) is 0 Å². The molecule has 0 amide bonds. The molecule has 1 atom stereocenters. The van der Waals surface area contributed by atoms with Crippen molar-refractivity contribution in [2.75, 3.05) is 64.6 Å². The van der Waals surface area contributed by atoms with Gasteiger partial charge in [-0.15, -0.1) is 11.3 Å². The summed E-state index contributed by atoms with van der Waals surface area (Å²) in [7, 11) is 2.19. The van der Waals surface area contributed by atoms with Gasteiger partial charge >= 0.3 is 0 Å². The molecule has 0 aliphatic carbocycles. The normalized spacial score (nSPS) is 22.5. The number of aliphatic imine (C=N–C) groups is 1. The monoisotopic (exact) mass is 468 g/mol. The standard InChI is InChI=1S/C24H32N6O2S/c1-27-8-5-18-21(14-27)33-24-22(18)23(25)30(15-26-24)7-2-6-28-9-11-29(12-10-28)17-3-4-19-20(13-17)32-16-31-19/h3-4,13,15,23H,2,5-12,14,16,25H2,1H3. The maximum atomic E-state index is 6.72. The Morgan fingerprint density at radius 1 is 1.09 bits per heavy atom. The Morgan fingerprint density at radius 3 is 2.82 bits per heavy atom. The lowest BCUT2D eigenvalue weighted by Crippen LogP contribution is -2.47. The van der Waals surface area contributed by atoms with Crippen molar-refractivity contribution in [3.63, 3.8) is 0 Å². The van der Waals surface area contributed by atoms with E-state index in [-0.39, 0.29) is 6.17 Å². The predicted molar refractivity (Wildman–Crippen MR) is 132 cm³/mol. The smallest absolute Gasteiger partial charge is 0.231 e. The van der Waals surface area contributed by atoms with Crippen LogP contribution in [0.5, 0.6) is 11.5 Å². The summed E-state index contributed by atoms with van der Waals surface area (Å²) in [6, 6.07) is 6.25. The molecular weight excluding hydrogens is 436 g/mol. The van der Waals surface area contributed by atoms with Gasteiger partial charge in [0.05, 0.1) is 6.34 Å². The Bertz CT molecular complexity index is 1050. The highest BCUT2D eigenvalue weighted by Crippen LogP contribution is 2.43. The van der Waals surface area contributed by atoms with Crippen molar-refractivity contribution in [1.29, 1.82) is 0 Å². The van der Waals surface area contributed by atoms with E-state index < -0.39 is 0 Å². The molecular formula is C24H32N6O2S. The Morgan fingerprint density at radius 2 is 1.94 bits per heavy atom. The predicted octanol–water partition coefficient (Wildman–Crippen LogP) is 2.61. The number of benzene rings is 1. The number of nitrogens with two attached hydrogens (primary N) is 1. The lowest BCUT2D eigenvalue weighted by Gasteiger charge is -2.37. The zero-order valence-electron chi connectivity index (χ0n) is 19.2. The number of nitrogens with zero attached hydrogens (tertiary/aromatic N) is 5. The van der Waals surface area contributed by atoms with E-state index in [2.05, 4.69) is 38.8 Å². The van der Waals surface area contributed by atoms with Gasteiger partial charge in [0.25, 0.3) is 0 Å². The number of likely N-dealkylation sites (N-methyl/N-ethyl adjacent to an activating group) is 1. The first kappa shape index (κ1) is 21.2. The first-order valence-corrected chi connectivity index (χ1v) is 12.7. The molecule has 0 spiro atoms. The summed E-state index contributed by atoms with van der Waals surface area (Å²) < 4.78 is 11.0. The van der Waals surface area contributed by atoms with Crippen LogP contribution in [0.3, 0.4) is 0 Å². The fourth-order valence-electron chi connectivity index (χ4n) is 5.29. The van der Waals surface area contributed by atoms with E-state index in [0.717, 1.165) is 81.7 Å². The molecule has 1 aromatic heterocycles. The number of hydrogen-bond acceptors (Lipinski definition) is 9. The highest BCUT2D eigenvalue weighted by Gasteiger charge is 2.30. The molecule has 0 bridgehead atoms. The molecule has 2 N–H and O–H groups in total. The molecule has 6 rings (SSSR count). The van der Waals surface area contributed by atoms with Crippen LogP contribution in [0.1, 0.15) is 28.6 Å². The Hall–Kier alpha value is -2.33. The second-order valence-corrected chi connectivity index (χ2v) is 10.4. The van der Waals surface area contributed by atoms with Gasteiger partial charge < -0.3 is 29.9 Å². The molecule has 0 saturated carbocycles. The molecule has 0 radical (unpaired) electrons. The quantitative estimate of drug-likeness (QED) is 0.723. The Labute approximate surface area is 199 Å². The molecule has 9 heteroatoms. The number of rotatable bonds is 5. The average Bonchev–Trinajstić information content (AvgIpc) is 3.44. The second-order valence-electron chi connectivity index (χ2n) is 9.36. The van der Waals surface area contributed by atoms with Crippen LogP contribution in [0.15, 0.2) is 23.2 Å². The molecule has 176 valence electrons. The molecule has 1 aromatic carbocycles. The van der Waals surface area contributed by atoms with E-state index in [1.165, 1.54) is 21.7 Å². The Kier molecular flexibility index (Phi) is 5.65. The van der Waals surface area contributed by atoms with Crippen molar-refractivity contribution in [2.24, 2.45) is 10.7 Å². The maximum absolute atomic E-state index is 6.72. The molecule has 2 aromatic rings. The number of hydrogen-bond donors (Lipinski definition) is 1. The minimum absolute atomic E-state index is 0.0660. The topological polar surface area (TPSA) is 69.8 Å². The van der Waals surface area contributed by atoms with Crippen LogP contribution in [0.2, 0.25) is 0 Å². The van der Waals surface area contributed by atoms with Crippen molar-refractivity contribution in [3.8, 4) is 11.5 Å². The minimum atomic E-state index is -0.0660. The van der Waals surface area contributed by atoms with Gasteiger partial charge in [0, 0.05) is 68.0 Å². The average molecular weight is 469 g/mol. The van der Waals surface area contributed by atoms with Gasteiger partial charge in [-0.1, -0.05) is 0 Å². The largest absolute Gasteiger partial charge is 0.454 e. The van der Waals surface area contributed by atoms with Gasteiger partial charge in [-0.3, -0.25) is 4.90 Å². The van der Waals surface area contributed by atoms with Gasteiger partial charge in [-0.05, 0) is 44.1 Å². The first-order chi connectivity index (χ1) is 16.2. The van der Waals surface area contributed by atoms with Crippen molar-refractivity contribution in [2.45, 2.75) is 25.6 Å². The maximum Gasteiger partial charge on any atom is 0.231 e. The van der Waals surface area contributed by atoms with E-state index in [9.17, 15) is 0 Å². The molecule has 5 heterocycles. The van der Waals surface area contributed by atoms with Gasteiger partial charge in [0.15, 0.2) is 11.5 Å². The van der Waals surface area contributed by atoms with Crippen LogP contribution in [0, 0.1) is 0 Å². The van der Waals surface area contributed by atoms with Gasteiger partial charge in [0.2, 0.25) is 6.79 Å². The lowest BCUT2D eigenvalue weighted by atomic mass is 10.00. The van der Waals surface area contributed by atoms with Crippen LogP contribution in [-0.4, -0.2) is 80.7 Å². The third kappa shape index (κ3) is 4.07. The highest BCUT2D eigenvalue weighted by atomic mass is 32.1. The number of anilines is 1. The fraction of sp³-hybridized carbons (Fsp3) is 0.542. The van der Waals surface area contributed by atoms with Crippen molar-refractivity contribution in [3.05, 3.63) is 34.2 Å². The summed E-state index contributed by atoms with van der Waals surface area (Å²) in [6.07, 6.45) is 4.08. The zero-order chi connectivity index (χ0) is 22.4. The van der Waals surface area contributed by atoms with Gasteiger partial charge in [-0.2, -0.15) is 0 Å². The van der Waals surface area contributed by atoms with E-state index in [4.69, 9.17) is 20.2 Å². The molecule has 8 nitrogen and oxygen atoms in total. The van der Waals surface area contributed by atoms with E-state index in [1.54, 1.807) is 0 Å². The summed E-state index contributed by atoms with van der Waals surface area (Å²) in [5, 5.41) is 1.12. The lowest BCUT2D eigenvalue weighted by molar-refractivity contribution is 0.174. The van der Waals surface area contributed by atoms with Crippen LogP contribution < -0.4 is 20.1 Å². The summed E-state index contributed by atoms with van der Waals surface area (Å²) in [5.74, 6) is 1.70. The third-order valence-electron chi connectivity index (χ3n) is 7.23. The van der Waals surface area contributed by atoms with Crippen molar-refractivity contribution in [1.82, 2.24) is 14.7 Å². The van der Waals surface area contributed by atoms with Crippen LogP contribution >= 0.6 is 11.3 Å². The second kappa shape index (κ2) is 8.79. The summed E-state index contributed by atoms with van der Waals surface area (Å²) in [4.78, 5) is 15.8. The minimum Gasteiger partial charge on any atom is -0.454 e. The van der Waals surface area contributed by atoms with E-state index >= 15 is 0 Å². The fourth-order valence-corrected chi connectivity index (χ4v) is 6.60. The number of piperazine rings is 1. The number of fused-ring (bicyclic) bond motifs is 4. The molecule has 1 unspecified atom stereocenters. The number of thiophene rings is 1. The summed E-state index contributed by atoms with van der Waals surface area (Å²) in [6.45, 7) is 8.69. The van der Waals surface area contributed by atoms with Crippen molar-refractivity contribution < 1.29 is 9.47 Å². The Balaban J connectivity index is 1.000. The van der Waals surface area contributed by atoms with E-state index in [0.29, 0.717) is 6.79 Å². The molecule has 1 fully saturated rings. The van der Waals surface area contributed by atoms with Crippen LogP contribution in [0.4, 0.5) is 10.7 Å². The highest BCUT2D eigenvalue weighted by molar-refractivity contribution is 7.16. The van der Waals surface area contributed by atoms with Gasteiger partial charge in [-0.25, -0.2) is 4.99 Å². The molecule has 4 aliphatic heterocycles. The summed E-state index contributed by atoms with van der Waals surface area (Å²) in [5.41, 5.74) is 10.7. The first-order valence-electron chi connectivity index (χ1n) is 11.9. The zero-order valence-corrected chi connectivity index (χ0v) is 20.0. The molecule has 1 saturated heterocycles.